The van der Waals surface area contributed by atoms with Crippen LogP contribution in [0.4, 0.5) is 5.69 Å². The van der Waals surface area contributed by atoms with Crippen LogP contribution in [-0.2, 0) is 36.4 Å². The lowest BCUT2D eigenvalue weighted by Crippen LogP contribution is -2.20. The van der Waals surface area contributed by atoms with Gasteiger partial charge in [0.2, 0.25) is 5.75 Å². The van der Waals surface area contributed by atoms with Gasteiger partial charge in [-0.05, 0) is 51.9 Å². The minimum Gasteiger partial charge on any atom is -0.493 e. The molecule has 0 radical (unpaired) electrons. The molecular formula is C38H34NO9P. The Kier molecular flexibility index (Phi) is 9.01. The van der Waals surface area contributed by atoms with Gasteiger partial charge in [-0.15, -0.1) is 0 Å². The third kappa shape index (κ3) is 6.46. The molecule has 1 atom stereocenters. The van der Waals surface area contributed by atoms with Gasteiger partial charge in [0.05, 0.1) is 51.5 Å². The van der Waals surface area contributed by atoms with E-state index in [0.717, 1.165) is 38.7 Å². The molecule has 0 saturated carbocycles. The Morgan fingerprint density at radius 2 is 1.39 bits per heavy atom. The standard InChI is InChI=1S/C38H34NO9P/c1-42-32-18-27(19-33(43-2)37(32)44-3)34-29-17-15-26-14-16-28(20-30(26)36(29)39-31-23-45-38(40)35(31)34)48-49(41,46-21-24-10-6-4-7-11-24)47-22-25-12-8-5-9-13-25/h4-20,34,39H,21-23H2,1-3H3. The third-order valence-electron chi connectivity index (χ3n) is 8.50. The van der Waals surface area contributed by atoms with Crippen LogP contribution in [0.3, 0.4) is 0 Å². The SMILES string of the molecule is COc1cc(C2C3=C(COC3=O)Nc3c2ccc2ccc(OP(=O)(OCc4ccccc4)OCc4ccccc4)cc32)cc(OC)c1OC. The van der Waals surface area contributed by atoms with Crippen molar-refractivity contribution in [2.24, 2.45) is 0 Å². The zero-order valence-corrected chi connectivity index (χ0v) is 28.0. The Morgan fingerprint density at radius 3 is 1.98 bits per heavy atom. The monoisotopic (exact) mass is 679 g/mol. The number of carbonyl (C=O) groups is 1. The number of methoxy groups -OCH3 is 3. The average molecular weight is 680 g/mol. The quantitative estimate of drug-likeness (QED) is 0.102. The molecule has 7 rings (SSSR count). The van der Waals surface area contributed by atoms with Crippen molar-refractivity contribution < 1.29 is 41.9 Å². The first-order chi connectivity index (χ1) is 23.9. The summed E-state index contributed by atoms with van der Waals surface area (Å²) in [6.07, 6.45) is 0. The summed E-state index contributed by atoms with van der Waals surface area (Å²) in [6.45, 7) is 0.148. The van der Waals surface area contributed by atoms with Gasteiger partial charge in [-0.2, -0.15) is 0 Å². The van der Waals surface area contributed by atoms with E-state index in [9.17, 15) is 9.36 Å². The van der Waals surface area contributed by atoms with E-state index in [1.54, 1.807) is 33.5 Å². The van der Waals surface area contributed by atoms with Crippen molar-refractivity contribution in [1.29, 1.82) is 0 Å². The topological polar surface area (TPSA) is 111 Å². The summed E-state index contributed by atoms with van der Waals surface area (Å²) in [5.74, 6) is 0.733. The maximum Gasteiger partial charge on any atom is 0.530 e. The second-order valence-electron chi connectivity index (χ2n) is 11.5. The number of nitrogens with one attached hydrogen (secondary N) is 1. The van der Waals surface area contributed by atoms with Crippen molar-refractivity contribution in [3.8, 4) is 23.0 Å². The summed E-state index contributed by atoms with van der Waals surface area (Å²) in [5, 5.41) is 5.12. The molecule has 0 saturated heterocycles. The Balaban J connectivity index is 1.28. The summed E-state index contributed by atoms with van der Waals surface area (Å²) >= 11 is 0. The van der Waals surface area contributed by atoms with E-state index in [1.807, 2.05) is 91.0 Å². The number of benzene rings is 5. The first-order valence-corrected chi connectivity index (χ1v) is 17.1. The maximum atomic E-state index is 14.2. The van der Waals surface area contributed by atoms with Gasteiger partial charge >= 0.3 is 13.8 Å². The van der Waals surface area contributed by atoms with Crippen LogP contribution >= 0.6 is 7.82 Å². The zero-order chi connectivity index (χ0) is 34.0. The van der Waals surface area contributed by atoms with Gasteiger partial charge < -0.3 is 28.8 Å². The van der Waals surface area contributed by atoms with E-state index in [0.29, 0.717) is 28.5 Å². The number of hydrogen-bond donors (Lipinski definition) is 1. The summed E-state index contributed by atoms with van der Waals surface area (Å²) in [5.41, 5.74) is 5.12. The van der Waals surface area contributed by atoms with E-state index in [4.69, 9.17) is 32.5 Å². The molecule has 5 aromatic carbocycles. The number of carbonyl (C=O) groups excluding carboxylic acids is 1. The highest BCUT2D eigenvalue weighted by Crippen LogP contribution is 2.53. The number of ether oxygens (including phenoxy) is 4. The lowest BCUT2D eigenvalue weighted by Gasteiger charge is -2.29. The van der Waals surface area contributed by atoms with E-state index < -0.39 is 19.7 Å². The summed E-state index contributed by atoms with van der Waals surface area (Å²) < 4.78 is 54.4. The molecule has 2 aliphatic rings. The summed E-state index contributed by atoms with van der Waals surface area (Å²) in [4.78, 5) is 13.2. The molecule has 10 nitrogen and oxygen atoms in total. The van der Waals surface area contributed by atoms with Crippen molar-refractivity contribution in [2.45, 2.75) is 19.1 Å². The van der Waals surface area contributed by atoms with Crippen LogP contribution in [0.25, 0.3) is 10.8 Å². The van der Waals surface area contributed by atoms with Crippen LogP contribution in [0.5, 0.6) is 23.0 Å². The van der Waals surface area contributed by atoms with E-state index in [2.05, 4.69) is 5.32 Å². The van der Waals surface area contributed by atoms with Gasteiger partial charge in [0.15, 0.2) is 11.5 Å². The Morgan fingerprint density at radius 1 is 0.776 bits per heavy atom. The molecule has 1 unspecified atom stereocenters. The van der Waals surface area contributed by atoms with Crippen molar-refractivity contribution in [1.82, 2.24) is 0 Å². The molecule has 250 valence electrons. The molecule has 1 N–H and O–H groups in total. The Bertz CT molecular complexity index is 2030. The Hall–Kier alpha value is -5.28. The number of esters is 1. The van der Waals surface area contributed by atoms with E-state index in [-0.39, 0.29) is 25.6 Å². The van der Waals surface area contributed by atoms with Gasteiger partial charge in [0, 0.05) is 11.3 Å². The van der Waals surface area contributed by atoms with Crippen LogP contribution in [0.15, 0.2) is 114 Å². The average Bonchev–Trinajstić information content (AvgIpc) is 3.52. The normalized spacial score (nSPS) is 15.2. The number of rotatable bonds is 12. The van der Waals surface area contributed by atoms with Gasteiger partial charge in [0.1, 0.15) is 12.4 Å². The number of phosphoric ester groups is 1. The minimum absolute atomic E-state index is 0.0267. The number of phosphoric acid groups is 1. The molecule has 0 spiro atoms. The van der Waals surface area contributed by atoms with Gasteiger partial charge in [-0.25, -0.2) is 9.36 Å². The molecule has 11 heteroatoms. The molecule has 0 amide bonds. The number of anilines is 1. The fourth-order valence-corrected chi connectivity index (χ4v) is 7.33. The van der Waals surface area contributed by atoms with Crippen molar-refractivity contribution in [3.05, 3.63) is 137 Å². The van der Waals surface area contributed by atoms with Crippen LogP contribution in [-0.4, -0.2) is 33.9 Å². The largest absolute Gasteiger partial charge is 0.530 e. The van der Waals surface area contributed by atoms with Crippen molar-refractivity contribution in [3.63, 3.8) is 0 Å². The van der Waals surface area contributed by atoms with Crippen molar-refractivity contribution in [2.75, 3.05) is 33.3 Å². The lowest BCUT2D eigenvalue weighted by molar-refractivity contribution is -0.136. The first-order valence-electron chi connectivity index (χ1n) is 15.6. The van der Waals surface area contributed by atoms with Crippen molar-refractivity contribution >= 4 is 30.3 Å². The van der Waals surface area contributed by atoms with Gasteiger partial charge in [0.25, 0.3) is 0 Å². The number of fused-ring (bicyclic) bond motifs is 3. The highest BCUT2D eigenvalue weighted by Gasteiger charge is 2.40. The number of hydrogen-bond acceptors (Lipinski definition) is 10. The molecule has 0 aliphatic carbocycles. The van der Waals surface area contributed by atoms with E-state index >= 15 is 0 Å². The Labute approximate surface area is 283 Å². The molecular weight excluding hydrogens is 645 g/mol. The highest BCUT2D eigenvalue weighted by molar-refractivity contribution is 7.48. The molecule has 2 aliphatic heterocycles. The second kappa shape index (κ2) is 13.7. The van der Waals surface area contributed by atoms with E-state index in [1.165, 1.54) is 0 Å². The minimum atomic E-state index is -4.12. The molecule has 0 bridgehead atoms. The predicted octanol–water partition coefficient (Wildman–Crippen LogP) is 8.15. The van der Waals surface area contributed by atoms with Crippen LogP contribution in [0.2, 0.25) is 0 Å². The first kappa shape index (κ1) is 32.3. The second-order valence-corrected chi connectivity index (χ2v) is 13.0. The molecule has 2 heterocycles. The summed E-state index contributed by atoms with van der Waals surface area (Å²) in [7, 11) is 0.513. The zero-order valence-electron chi connectivity index (χ0n) is 27.1. The predicted molar refractivity (Wildman–Crippen MR) is 184 cm³/mol. The molecule has 0 aromatic heterocycles. The lowest BCUT2D eigenvalue weighted by atomic mass is 9.80. The number of cyclic esters (lactones) is 1. The van der Waals surface area contributed by atoms with Crippen LogP contribution in [0.1, 0.15) is 28.2 Å². The third-order valence-corrected chi connectivity index (χ3v) is 9.82. The fourth-order valence-electron chi connectivity index (χ4n) is 6.16. The smallest absolute Gasteiger partial charge is 0.493 e. The molecule has 5 aromatic rings. The fraction of sp³-hybridized carbons (Fsp3) is 0.184. The van der Waals surface area contributed by atoms with Gasteiger partial charge in [-0.3, -0.25) is 9.05 Å². The van der Waals surface area contributed by atoms with Gasteiger partial charge in [-0.1, -0.05) is 78.9 Å². The van der Waals surface area contributed by atoms with Crippen LogP contribution < -0.4 is 24.1 Å². The van der Waals surface area contributed by atoms with Crippen LogP contribution in [0, 0.1) is 0 Å². The maximum absolute atomic E-state index is 14.2. The molecule has 0 fully saturated rings. The molecule has 49 heavy (non-hydrogen) atoms. The highest BCUT2D eigenvalue weighted by atomic mass is 31.2. The summed E-state index contributed by atoms with van der Waals surface area (Å²) in [6, 6.07) is 31.8.